The van der Waals surface area contributed by atoms with Gasteiger partial charge in [0.1, 0.15) is 5.75 Å². The first kappa shape index (κ1) is 16.3. The minimum atomic E-state index is 0.139. The molecular formula is C19H28N2O2. The Morgan fingerprint density at radius 3 is 2.74 bits per heavy atom. The van der Waals surface area contributed by atoms with E-state index in [9.17, 15) is 4.79 Å². The molecule has 126 valence electrons. The summed E-state index contributed by atoms with van der Waals surface area (Å²) >= 11 is 0. The van der Waals surface area contributed by atoms with Crippen molar-refractivity contribution in [2.24, 2.45) is 23.5 Å². The van der Waals surface area contributed by atoms with Gasteiger partial charge in [-0.05, 0) is 62.1 Å². The molecule has 1 aromatic carbocycles. The summed E-state index contributed by atoms with van der Waals surface area (Å²) in [5.41, 5.74) is 7.39. The first-order valence-corrected chi connectivity index (χ1v) is 8.92. The highest BCUT2D eigenvalue weighted by Gasteiger charge is 2.40. The van der Waals surface area contributed by atoms with E-state index in [4.69, 9.17) is 10.5 Å². The number of hydrogen-bond donors (Lipinski definition) is 2. The standard InChI is InChI=1S/C19H28N2O2/c1-2-23-17-8-3-5-13(9-17)12-21-19(22)16-10-14-6-4-7-15(11-16)18(14)20/h3,5,8-9,14-16,18H,2,4,6-7,10-12,20H2,1H3,(H,21,22). The van der Waals surface area contributed by atoms with Gasteiger partial charge < -0.3 is 15.8 Å². The van der Waals surface area contributed by atoms with Crippen molar-refractivity contribution in [2.45, 2.75) is 51.6 Å². The Bertz CT molecular complexity index is 532. The number of carbonyl (C=O) groups is 1. The normalized spacial score (nSPS) is 29.8. The van der Waals surface area contributed by atoms with Gasteiger partial charge in [-0.25, -0.2) is 0 Å². The third-order valence-corrected chi connectivity index (χ3v) is 5.46. The molecule has 2 atom stereocenters. The molecule has 0 spiro atoms. The van der Waals surface area contributed by atoms with E-state index in [0.29, 0.717) is 31.0 Å². The maximum atomic E-state index is 12.5. The van der Waals surface area contributed by atoms with Crippen molar-refractivity contribution in [3.63, 3.8) is 0 Å². The van der Waals surface area contributed by atoms with Crippen LogP contribution in [0.5, 0.6) is 5.75 Å². The Hall–Kier alpha value is -1.55. The van der Waals surface area contributed by atoms with Crippen LogP contribution in [0.3, 0.4) is 0 Å². The van der Waals surface area contributed by atoms with E-state index >= 15 is 0 Å². The summed E-state index contributed by atoms with van der Waals surface area (Å²) in [6, 6.07) is 8.24. The molecule has 2 aliphatic carbocycles. The molecule has 2 bridgehead atoms. The number of carbonyl (C=O) groups excluding carboxylic acids is 1. The summed E-state index contributed by atoms with van der Waals surface area (Å²) in [6.07, 6.45) is 5.59. The Kier molecular flexibility index (Phi) is 5.21. The molecule has 2 aliphatic rings. The van der Waals surface area contributed by atoms with Crippen molar-refractivity contribution in [3.8, 4) is 5.75 Å². The van der Waals surface area contributed by atoms with Crippen molar-refractivity contribution in [2.75, 3.05) is 6.61 Å². The van der Waals surface area contributed by atoms with Crippen molar-refractivity contribution >= 4 is 5.91 Å². The number of rotatable bonds is 5. The van der Waals surface area contributed by atoms with Crippen LogP contribution < -0.4 is 15.8 Å². The van der Waals surface area contributed by atoms with Crippen LogP contribution in [0.4, 0.5) is 0 Å². The summed E-state index contributed by atoms with van der Waals surface area (Å²) < 4.78 is 5.51. The molecule has 4 heteroatoms. The highest BCUT2D eigenvalue weighted by molar-refractivity contribution is 5.78. The van der Waals surface area contributed by atoms with Gasteiger partial charge in [0.25, 0.3) is 0 Å². The van der Waals surface area contributed by atoms with E-state index in [1.54, 1.807) is 0 Å². The van der Waals surface area contributed by atoms with Gasteiger partial charge in [0, 0.05) is 18.5 Å². The second-order valence-electron chi connectivity index (χ2n) is 6.99. The maximum Gasteiger partial charge on any atom is 0.223 e. The molecule has 2 unspecified atom stereocenters. The Balaban J connectivity index is 1.54. The maximum absolute atomic E-state index is 12.5. The molecule has 23 heavy (non-hydrogen) atoms. The highest BCUT2D eigenvalue weighted by Crippen LogP contribution is 2.41. The van der Waals surface area contributed by atoms with Gasteiger partial charge in [0.05, 0.1) is 6.61 Å². The van der Waals surface area contributed by atoms with E-state index < -0.39 is 0 Å². The molecule has 1 amide bonds. The zero-order valence-corrected chi connectivity index (χ0v) is 14.0. The van der Waals surface area contributed by atoms with Gasteiger partial charge >= 0.3 is 0 Å². The predicted molar refractivity (Wildman–Crippen MR) is 91.0 cm³/mol. The average Bonchev–Trinajstić information content (AvgIpc) is 2.53. The van der Waals surface area contributed by atoms with Crippen LogP contribution in [0.15, 0.2) is 24.3 Å². The average molecular weight is 316 g/mol. The molecule has 0 aromatic heterocycles. The third-order valence-electron chi connectivity index (χ3n) is 5.46. The molecular weight excluding hydrogens is 288 g/mol. The summed E-state index contributed by atoms with van der Waals surface area (Å²) in [5, 5.41) is 3.11. The number of nitrogens with one attached hydrogen (secondary N) is 1. The van der Waals surface area contributed by atoms with E-state index in [0.717, 1.165) is 24.2 Å². The molecule has 4 nitrogen and oxygen atoms in total. The number of hydrogen-bond acceptors (Lipinski definition) is 3. The zero-order valence-electron chi connectivity index (χ0n) is 14.0. The summed E-state index contributed by atoms with van der Waals surface area (Å²) in [6.45, 7) is 3.19. The molecule has 3 N–H and O–H groups in total. The Labute approximate surface area is 138 Å². The molecule has 0 heterocycles. The van der Waals surface area contributed by atoms with Crippen molar-refractivity contribution in [1.82, 2.24) is 5.32 Å². The number of benzene rings is 1. The van der Waals surface area contributed by atoms with Gasteiger partial charge in [-0.1, -0.05) is 18.6 Å². The molecule has 2 saturated carbocycles. The van der Waals surface area contributed by atoms with E-state index in [1.807, 2.05) is 31.2 Å². The second-order valence-corrected chi connectivity index (χ2v) is 6.99. The minimum absolute atomic E-state index is 0.139. The van der Waals surface area contributed by atoms with Gasteiger partial charge in [0.2, 0.25) is 5.91 Å². The first-order valence-electron chi connectivity index (χ1n) is 8.92. The SMILES string of the molecule is CCOc1cccc(CNC(=O)C2CC3CCCC(C2)C3N)c1. The van der Waals surface area contributed by atoms with Gasteiger partial charge in [-0.3, -0.25) is 4.79 Å². The molecule has 0 aliphatic heterocycles. The lowest BCUT2D eigenvalue weighted by Gasteiger charge is -2.43. The van der Waals surface area contributed by atoms with Crippen LogP contribution in [0.25, 0.3) is 0 Å². The van der Waals surface area contributed by atoms with Crippen molar-refractivity contribution in [3.05, 3.63) is 29.8 Å². The summed E-state index contributed by atoms with van der Waals surface area (Å²) in [5.74, 6) is 2.27. The zero-order chi connectivity index (χ0) is 16.2. The number of fused-ring (bicyclic) bond motifs is 2. The monoisotopic (exact) mass is 316 g/mol. The van der Waals surface area contributed by atoms with Crippen molar-refractivity contribution in [1.29, 1.82) is 0 Å². The third kappa shape index (κ3) is 3.86. The van der Waals surface area contributed by atoms with Crippen LogP contribution in [0.1, 0.15) is 44.6 Å². The summed E-state index contributed by atoms with van der Waals surface area (Å²) in [4.78, 5) is 12.5. The van der Waals surface area contributed by atoms with Crippen LogP contribution in [0, 0.1) is 17.8 Å². The fraction of sp³-hybridized carbons (Fsp3) is 0.632. The lowest BCUT2D eigenvalue weighted by Crippen LogP contribution is -2.49. The van der Waals surface area contributed by atoms with Crippen LogP contribution in [-0.4, -0.2) is 18.6 Å². The van der Waals surface area contributed by atoms with Crippen LogP contribution in [0.2, 0.25) is 0 Å². The molecule has 1 aromatic rings. The van der Waals surface area contributed by atoms with Gasteiger partial charge in [0.15, 0.2) is 0 Å². The molecule has 0 radical (unpaired) electrons. The number of amides is 1. The van der Waals surface area contributed by atoms with Crippen LogP contribution >= 0.6 is 0 Å². The smallest absolute Gasteiger partial charge is 0.223 e. The topological polar surface area (TPSA) is 64.3 Å². The lowest BCUT2D eigenvalue weighted by atomic mass is 9.65. The predicted octanol–water partition coefficient (Wildman–Crippen LogP) is 2.86. The Morgan fingerprint density at radius 1 is 1.30 bits per heavy atom. The highest BCUT2D eigenvalue weighted by atomic mass is 16.5. The molecule has 0 saturated heterocycles. The quantitative estimate of drug-likeness (QED) is 0.878. The van der Waals surface area contributed by atoms with Gasteiger partial charge in [-0.15, -0.1) is 0 Å². The lowest BCUT2D eigenvalue weighted by molar-refractivity contribution is -0.128. The minimum Gasteiger partial charge on any atom is -0.494 e. The van der Waals surface area contributed by atoms with E-state index in [-0.39, 0.29) is 11.8 Å². The number of ether oxygens (including phenoxy) is 1. The Morgan fingerprint density at radius 2 is 2.04 bits per heavy atom. The summed E-state index contributed by atoms with van der Waals surface area (Å²) in [7, 11) is 0. The second kappa shape index (κ2) is 7.35. The first-order chi connectivity index (χ1) is 11.2. The van der Waals surface area contributed by atoms with Crippen LogP contribution in [-0.2, 0) is 11.3 Å². The van der Waals surface area contributed by atoms with E-state index in [1.165, 1.54) is 19.3 Å². The van der Waals surface area contributed by atoms with Gasteiger partial charge in [-0.2, -0.15) is 0 Å². The number of nitrogens with two attached hydrogens (primary N) is 1. The molecule has 2 fully saturated rings. The largest absolute Gasteiger partial charge is 0.494 e. The van der Waals surface area contributed by atoms with E-state index in [2.05, 4.69) is 5.32 Å². The molecule has 3 rings (SSSR count). The fourth-order valence-electron chi connectivity index (χ4n) is 4.25. The fourth-order valence-corrected chi connectivity index (χ4v) is 4.25. The van der Waals surface area contributed by atoms with Crippen molar-refractivity contribution < 1.29 is 9.53 Å².